The van der Waals surface area contributed by atoms with E-state index in [0.717, 1.165) is 25.7 Å². The van der Waals surface area contributed by atoms with E-state index in [1.54, 1.807) is 6.92 Å². The quantitative estimate of drug-likeness (QED) is 0.573. The number of nitrogens with two attached hydrogens (primary N) is 1. The molecule has 0 rings (SSSR count). The maximum Gasteiger partial charge on any atom is 0.220 e. The van der Waals surface area contributed by atoms with E-state index in [-0.39, 0.29) is 12.3 Å². The zero-order valence-electron chi connectivity index (χ0n) is 12.6. The number of carbonyl (C=O) groups is 2. The number of hydrogen-bond donors (Lipinski definition) is 2. The predicted octanol–water partition coefficient (Wildman–Crippen LogP) is 2.97. The summed E-state index contributed by atoms with van der Waals surface area (Å²) in [7, 11) is 0. The maximum absolute atomic E-state index is 13.7. The summed E-state index contributed by atoms with van der Waals surface area (Å²) >= 11 is 0. The van der Waals surface area contributed by atoms with Crippen molar-refractivity contribution in [1.29, 1.82) is 0 Å². The van der Waals surface area contributed by atoms with Crippen LogP contribution in [0.1, 0.15) is 65.2 Å². The van der Waals surface area contributed by atoms with Crippen molar-refractivity contribution < 1.29 is 14.0 Å². The standard InChI is InChI=1S/C15H27FN2O2/c1-3-5-6-7-8-10-15(20)18-13(11-14(17)19)12(16)9-4-2/h9,13H,3-8,10-11H2,1-2H3,(H2,17,19)(H,18,20)/b12-9+/t13-/m1/s1. The van der Waals surface area contributed by atoms with Crippen molar-refractivity contribution in [3.05, 3.63) is 11.9 Å². The molecule has 116 valence electrons. The first kappa shape index (κ1) is 18.6. The van der Waals surface area contributed by atoms with Crippen molar-refractivity contribution >= 4 is 11.8 Å². The van der Waals surface area contributed by atoms with E-state index in [2.05, 4.69) is 12.2 Å². The highest BCUT2D eigenvalue weighted by Gasteiger charge is 2.19. The van der Waals surface area contributed by atoms with Gasteiger partial charge in [-0.25, -0.2) is 4.39 Å². The molecule has 3 N–H and O–H groups in total. The Labute approximate surface area is 121 Å². The van der Waals surface area contributed by atoms with Crippen molar-refractivity contribution in [2.75, 3.05) is 0 Å². The topological polar surface area (TPSA) is 72.2 Å². The Morgan fingerprint density at radius 3 is 2.40 bits per heavy atom. The molecule has 0 aliphatic heterocycles. The number of halogens is 1. The Hall–Kier alpha value is -1.39. The summed E-state index contributed by atoms with van der Waals surface area (Å²) in [6.45, 7) is 3.92. The lowest BCUT2D eigenvalue weighted by Gasteiger charge is -2.15. The van der Waals surface area contributed by atoms with Gasteiger partial charge in [-0.05, 0) is 12.8 Å². The largest absolute Gasteiger partial charge is 0.370 e. The highest BCUT2D eigenvalue weighted by molar-refractivity contribution is 5.79. The average molecular weight is 286 g/mol. The van der Waals surface area contributed by atoms with Crippen LogP contribution in [-0.2, 0) is 9.59 Å². The SMILES string of the molecule is CC/C=C(/F)[C@@H](CC(N)=O)NC(=O)CCCCCCC. The van der Waals surface area contributed by atoms with E-state index < -0.39 is 17.8 Å². The second-order valence-corrected chi connectivity index (χ2v) is 4.95. The van der Waals surface area contributed by atoms with Crippen molar-refractivity contribution in [1.82, 2.24) is 5.32 Å². The van der Waals surface area contributed by atoms with Gasteiger partial charge in [-0.2, -0.15) is 0 Å². The van der Waals surface area contributed by atoms with Gasteiger partial charge in [-0.3, -0.25) is 9.59 Å². The summed E-state index contributed by atoms with van der Waals surface area (Å²) < 4.78 is 13.7. The molecule has 0 heterocycles. The minimum absolute atomic E-state index is 0.204. The maximum atomic E-state index is 13.7. The average Bonchev–Trinajstić information content (AvgIpc) is 2.37. The molecule has 1 atom stereocenters. The van der Waals surface area contributed by atoms with Crippen LogP contribution < -0.4 is 11.1 Å². The number of amides is 2. The number of unbranched alkanes of at least 4 members (excludes halogenated alkanes) is 4. The lowest BCUT2D eigenvalue weighted by Crippen LogP contribution is -2.38. The Balaban J connectivity index is 4.18. The molecule has 0 spiro atoms. The van der Waals surface area contributed by atoms with E-state index in [4.69, 9.17) is 5.73 Å². The van der Waals surface area contributed by atoms with Crippen LogP contribution in [0.15, 0.2) is 11.9 Å². The van der Waals surface area contributed by atoms with Gasteiger partial charge < -0.3 is 11.1 Å². The fourth-order valence-corrected chi connectivity index (χ4v) is 1.91. The summed E-state index contributed by atoms with van der Waals surface area (Å²) in [6, 6.07) is -0.921. The van der Waals surface area contributed by atoms with E-state index in [1.807, 2.05) is 0 Å². The van der Waals surface area contributed by atoms with E-state index in [1.165, 1.54) is 12.5 Å². The molecule has 20 heavy (non-hydrogen) atoms. The Morgan fingerprint density at radius 2 is 1.85 bits per heavy atom. The molecule has 5 heteroatoms. The second kappa shape index (κ2) is 11.4. The molecule has 0 aliphatic carbocycles. The minimum Gasteiger partial charge on any atom is -0.370 e. The number of primary amides is 1. The van der Waals surface area contributed by atoms with Gasteiger partial charge >= 0.3 is 0 Å². The zero-order chi connectivity index (χ0) is 15.4. The van der Waals surface area contributed by atoms with Gasteiger partial charge in [0.2, 0.25) is 11.8 Å². The van der Waals surface area contributed by atoms with Crippen LogP contribution in [0, 0.1) is 0 Å². The second-order valence-electron chi connectivity index (χ2n) is 4.95. The van der Waals surface area contributed by atoms with Gasteiger partial charge in [0.25, 0.3) is 0 Å². The zero-order valence-corrected chi connectivity index (χ0v) is 12.6. The Bertz CT molecular complexity index is 330. The van der Waals surface area contributed by atoms with Crippen LogP contribution in [0.4, 0.5) is 4.39 Å². The molecule has 0 bridgehead atoms. The molecule has 0 unspecified atom stereocenters. The van der Waals surface area contributed by atoms with Crippen LogP contribution in [0.5, 0.6) is 0 Å². The lowest BCUT2D eigenvalue weighted by molar-refractivity contribution is -0.122. The highest BCUT2D eigenvalue weighted by Crippen LogP contribution is 2.11. The fourth-order valence-electron chi connectivity index (χ4n) is 1.91. The van der Waals surface area contributed by atoms with Crippen LogP contribution in [0.2, 0.25) is 0 Å². The van der Waals surface area contributed by atoms with Crippen LogP contribution in [-0.4, -0.2) is 17.9 Å². The Kier molecular flexibility index (Phi) is 10.6. The molecule has 0 saturated heterocycles. The van der Waals surface area contributed by atoms with E-state index in [9.17, 15) is 14.0 Å². The van der Waals surface area contributed by atoms with Crippen molar-refractivity contribution in [3.63, 3.8) is 0 Å². The lowest BCUT2D eigenvalue weighted by atomic mass is 10.1. The summed E-state index contributed by atoms with van der Waals surface area (Å²) in [5.41, 5.74) is 5.07. The molecule has 0 aromatic rings. The third-order valence-electron chi connectivity index (χ3n) is 2.98. The molecule has 0 aromatic heterocycles. The molecule has 4 nitrogen and oxygen atoms in total. The van der Waals surface area contributed by atoms with Crippen LogP contribution in [0.25, 0.3) is 0 Å². The summed E-state index contributed by atoms with van der Waals surface area (Å²) in [5.74, 6) is -1.35. The normalized spacial score (nSPS) is 13.1. The molecule has 0 radical (unpaired) electrons. The fraction of sp³-hybridized carbons (Fsp3) is 0.733. The summed E-state index contributed by atoms with van der Waals surface area (Å²) in [5, 5.41) is 2.54. The molecule has 0 aliphatic rings. The van der Waals surface area contributed by atoms with Gasteiger partial charge in [0.15, 0.2) is 0 Å². The van der Waals surface area contributed by atoms with Crippen molar-refractivity contribution in [2.24, 2.45) is 5.73 Å². The van der Waals surface area contributed by atoms with Crippen molar-refractivity contribution in [3.8, 4) is 0 Å². The van der Waals surface area contributed by atoms with Crippen molar-refractivity contribution in [2.45, 2.75) is 71.3 Å². The first-order valence-corrected chi connectivity index (χ1v) is 7.44. The van der Waals surface area contributed by atoms with E-state index in [0.29, 0.717) is 12.8 Å². The number of carbonyl (C=O) groups excluding carboxylic acids is 2. The molecular formula is C15H27FN2O2. The molecule has 0 aromatic carbocycles. The first-order chi connectivity index (χ1) is 9.51. The first-order valence-electron chi connectivity index (χ1n) is 7.44. The van der Waals surface area contributed by atoms with Gasteiger partial charge in [-0.1, -0.05) is 45.6 Å². The minimum atomic E-state index is -0.921. The Morgan fingerprint density at radius 1 is 1.20 bits per heavy atom. The predicted molar refractivity (Wildman–Crippen MR) is 78.6 cm³/mol. The molecule has 0 fully saturated rings. The molecular weight excluding hydrogens is 259 g/mol. The van der Waals surface area contributed by atoms with Crippen LogP contribution >= 0.6 is 0 Å². The van der Waals surface area contributed by atoms with E-state index >= 15 is 0 Å². The summed E-state index contributed by atoms with van der Waals surface area (Å²) in [4.78, 5) is 22.6. The highest BCUT2D eigenvalue weighted by atomic mass is 19.1. The third-order valence-corrected chi connectivity index (χ3v) is 2.98. The smallest absolute Gasteiger partial charge is 0.220 e. The van der Waals surface area contributed by atoms with Gasteiger partial charge in [0.1, 0.15) is 5.83 Å². The van der Waals surface area contributed by atoms with Gasteiger partial charge in [0, 0.05) is 6.42 Å². The van der Waals surface area contributed by atoms with Crippen LogP contribution in [0.3, 0.4) is 0 Å². The summed E-state index contributed by atoms with van der Waals surface area (Å²) in [6.07, 6.45) is 7.23. The van der Waals surface area contributed by atoms with Gasteiger partial charge in [-0.15, -0.1) is 0 Å². The van der Waals surface area contributed by atoms with Gasteiger partial charge in [0.05, 0.1) is 12.5 Å². The number of rotatable bonds is 11. The molecule has 2 amide bonds. The monoisotopic (exact) mass is 286 g/mol. The third kappa shape index (κ3) is 9.53. The number of nitrogens with one attached hydrogen (secondary N) is 1. The number of hydrogen-bond acceptors (Lipinski definition) is 2. The number of allylic oxidation sites excluding steroid dienone is 1. The molecule has 0 saturated carbocycles.